The van der Waals surface area contributed by atoms with Gasteiger partial charge in [0.15, 0.2) is 0 Å². The minimum absolute atomic E-state index is 0.256. The minimum Gasteiger partial charge on any atom is -0.308 e. The van der Waals surface area contributed by atoms with E-state index in [9.17, 15) is 0 Å². The first-order valence-electron chi connectivity index (χ1n) is 16.7. The summed E-state index contributed by atoms with van der Waals surface area (Å²) in [6, 6.07) is 48.9. The fourth-order valence-corrected chi connectivity index (χ4v) is 14.1. The lowest BCUT2D eigenvalue weighted by atomic mass is 9.36. The molecule has 49 heavy (non-hydrogen) atoms. The van der Waals surface area contributed by atoms with Crippen molar-refractivity contribution in [3.8, 4) is 0 Å². The molecule has 0 N–H and O–H groups in total. The highest BCUT2D eigenvalue weighted by Crippen LogP contribution is 2.45. The first-order chi connectivity index (χ1) is 24.3. The van der Waals surface area contributed by atoms with Crippen molar-refractivity contribution in [2.24, 2.45) is 0 Å². The molecule has 0 amide bonds. The van der Waals surface area contributed by atoms with E-state index in [1.165, 1.54) is 110 Å². The number of hydrogen-bond acceptors (Lipinski definition) is 4. The van der Waals surface area contributed by atoms with Crippen LogP contribution in [0.3, 0.4) is 0 Å². The third-order valence-electron chi connectivity index (χ3n) is 11.2. The molecule has 0 atom stereocenters. The van der Waals surface area contributed by atoms with Crippen LogP contribution < -0.4 is 32.8 Å². The molecule has 0 unspecified atom stereocenters. The van der Waals surface area contributed by atoms with Crippen molar-refractivity contribution < 1.29 is 0 Å². The Morgan fingerprint density at radius 1 is 0.347 bits per heavy atom. The second-order valence-corrected chi connectivity index (χ2v) is 17.9. The largest absolute Gasteiger partial charge is 0.308 e. The van der Waals surface area contributed by atoms with Crippen molar-refractivity contribution in [2.75, 3.05) is 0 Å². The molecule has 0 fully saturated rings. The maximum Gasteiger partial charge on any atom is 0.247 e. The van der Waals surface area contributed by atoms with Crippen LogP contribution in [0, 0.1) is 0 Å². The highest BCUT2D eigenvalue weighted by Gasteiger charge is 2.40. The van der Waals surface area contributed by atoms with Gasteiger partial charge in [0.05, 0.1) is 16.6 Å². The monoisotopic (exact) mass is 689 g/mol. The molecule has 224 valence electrons. The number of benzene rings is 7. The molecule has 4 aliphatic heterocycles. The van der Waals surface area contributed by atoms with Gasteiger partial charge in [-0.2, -0.15) is 0 Å². The lowest BCUT2D eigenvalue weighted by molar-refractivity contribution is 1.31. The smallest absolute Gasteiger partial charge is 0.247 e. The van der Waals surface area contributed by atoms with Crippen LogP contribution in [0.1, 0.15) is 0 Å². The van der Waals surface area contributed by atoms with Gasteiger partial charge in [-0.3, -0.25) is 0 Å². The molecule has 0 aliphatic carbocycles. The van der Waals surface area contributed by atoms with Gasteiger partial charge in [0.1, 0.15) is 0 Å². The summed E-state index contributed by atoms with van der Waals surface area (Å²) in [7, 11) is 0. The second-order valence-electron chi connectivity index (χ2n) is 13.5. The minimum atomic E-state index is 0.256. The summed E-state index contributed by atoms with van der Waals surface area (Å²) in [5.41, 5.74) is 12.7. The Kier molecular flexibility index (Phi) is 5.09. The van der Waals surface area contributed by atoms with Crippen LogP contribution in [0.15, 0.2) is 167 Å². The van der Waals surface area contributed by atoms with Crippen molar-refractivity contribution in [1.29, 1.82) is 0 Å². The number of aromatic nitrogens is 1. The molecule has 0 bridgehead atoms. The summed E-state index contributed by atoms with van der Waals surface area (Å²) < 4.78 is 2.59. The normalized spacial score (nSPS) is 14.9. The van der Waals surface area contributed by atoms with Crippen molar-refractivity contribution in [2.45, 2.75) is 39.2 Å². The average molecular weight is 690 g/mol. The third kappa shape index (κ3) is 3.33. The fraction of sp³-hybridized carbons (Fsp3) is 0. The maximum absolute atomic E-state index is 2.59. The zero-order valence-corrected chi connectivity index (χ0v) is 29.1. The van der Waals surface area contributed by atoms with Gasteiger partial charge in [0.2, 0.25) is 13.4 Å². The van der Waals surface area contributed by atoms with Crippen molar-refractivity contribution in [3.05, 3.63) is 127 Å². The van der Waals surface area contributed by atoms with Crippen LogP contribution in [-0.2, 0) is 0 Å². The molecule has 0 saturated heterocycles. The molecule has 0 radical (unpaired) electrons. The van der Waals surface area contributed by atoms with Crippen LogP contribution in [-0.4, -0.2) is 17.8 Å². The predicted molar refractivity (Wildman–Crippen MR) is 213 cm³/mol. The highest BCUT2D eigenvalue weighted by atomic mass is 32.2. The molecule has 7 heteroatoms. The summed E-state index contributed by atoms with van der Waals surface area (Å²) in [5, 5.41) is 5.42. The van der Waals surface area contributed by atoms with Gasteiger partial charge in [-0.05, 0) is 59.5 Å². The summed E-state index contributed by atoms with van der Waals surface area (Å²) in [6.45, 7) is 0.511. The lowest BCUT2D eigenvalue weighted by Crippen LogP contribution is -2.58. The van der Waals surface area contributed by atoms with Crippen LogP contribution >= 0.6 is 47.0 Å². The average Bonchev–Trinajstić information content (AvgIpc) is 3.64. The van der Waals surface area contributed by atoms with Gasteiger partial charge in [0, 0.05) is 60.7 Å². The standard InChI is InChI=1S/C42H21B2NS4/c1-3-12-32-26(10-1)43-28-18-24-22-8-5-9-23-25-19-29-39(49-37-17-7-15-35-41(37)44(29)27-11-2-4-13-33(27)47-35)21-31(25)45(42(22)23)30(24)20-38(28)48-36-16-6-14-34(46-32)40(36)43/h1-21H. The molecule has 7 aromatic carbocycles. The van der Waals surface area contributed by atoms with Crippen molar-refractivity contribution in [3.63, 3.8) is 0 Å². The molecule has 6 heterocycles. The molecule has 1 nitrogen and oxygen atoms in total. The van der Waals surface area contributed by atoms with E-state index in [0.717, 1.165) is 0 Å². The Bertz CT molecular complexity index is 2790. The molecule has 9 aromatic rings. The van der Waals surface area contributed by atoms with E-state index in [2.05, 4.69) is 132 Å². The van der Waals surface area contributed by atoms with Gasteiger partial charge < -0.3 is 4.40 Å². The van der Waals surface area contributed by atoms with E-state index in [4.69, 9.17) is 0 Å². The Labute approximate surface area is 300 Å². The summed E-state index contributed by atoms with van der Waals surface area (Å²) in [6.07, 6.45) is 0. The van der Waals surface area contributed by atoms with E-state index < -0.39 is 0 Å². The van der Waals surface area contributed by atoms with Gasteiger partial charge in [0.25, 0.3) is 0 Å². The van der Waals surface area contributed by atoms with Crippen LogP contribution in [0.2, 0.25) is 0 Å². The van der Waals surface area contributed by atoms with Crippen LogP contribution in [0.5, 0.6) is 0 Å². The molecule has 0 spiro atoms. The first-order valence-corrected chi connectivity index (χ1v) is 20.0. The third-order valence-corrected chi connectivity index (χ3v) is 15.8. The quantitative estimate of drug-likeness (QED) is 0.150. The Hall–Kier alpha value is -4.13. The number of fused-ring (bicyclic) bond motifs is 14. The van der Waals surface area contributed by atoms with Gasteiger partial charge in [-0.25, -0.2) is 0 Å². The molecule has 4 aliphatic rings. The SMILES string of the molecule is c1ccc2c(c1)Sc1cccc3c1B2c1cc2c4cccc5c6cc7c(cc6n(c2cc1S3)c45)Sc1cccc2c1B7c1ccccc1S2. The van der Waals surface area contributed by atoms with E-state index in [1.54, 1.807) is 0 Å². The summed E-state index contributed by atoms with van der Waals surface area (Å²) in [4.78, 5) is 11.1. The predicted octanol–water partition coefficient (Wildman–Crippen LogP) is 7.73. The number of hydrogen-bond donors (Lipinski definition) is 0. The molecule has 0 saturated carbocycles. The Morgan fingerprint density at radius 2 is 0.755 bits per heavy atom. The lowest BCUT2D eigenvalue weighted by Gasteiger charge is -2.33. The molecule has 2 aromatic heterocycles. The van der Waals surface area contributed by atoms with Crippen molar-refractivity contribution >= 4 is 131 Å². The van der Waals surface area contributed by atoms with Crippen LogP contribution in [0.4, 0.5) is 0 Å². The van der Waals surface area contributed by atoms with E-state index in [-0.39, 0.29) is 13.4 Å². The van der Waals surface area contributed by atoms with Gasteiger partial charge >= 0.3 is 0 Å². The van der Waals surface area contributed by atoms with Crippen LogP contribution in [0.25, 0.3) is 38.1 Å². The number of rotatable bonds is 0. The molecular weight excluding hydrogens is 668 g/mol. The zero-order valence-electron chi connectivity index (χ0n) is 25.9. The molecular formula is C42H21B2NS4. The van der Waals surface area contributed by atoms with Gasteiger partial charge in [-0.1, -0.05) is 148 Å². The zero-order chi connectivity index (χ0) is 31.5. The topological polar surface area (TPSA) is 4.41 Å². The van der Waals surface area contributed by atoms with E-state index in [1.807, 2.05) is 47.0 Å². The number of para-hydroxylation sites is 1. The summed E-state index contributed by atoms with van der Waals surface area (Å²) in [5.74, 6) is 0. The highest BCUT2D eigenvalue weighted by molar-refractivity contribution is 8.02. The fourth-order valence-electron chi connectivity index (χ4n) is 9.22. The summed E-state index contributed by atoms with van der Waals surface area (Å²) >= 11 is 7.76. The Morgan fingerprint density at radius 3 is 1.24 bits per heavy atom. The van der Waals surface area contributed by atoms with E-state index >= 15 is 0 Å². The molecule has 13 rings (SSSR count). The van der Waals surface area contributed by atoms with Gasteiger partial charge in [-0.15, -0.1) is 0 Å². The first kappa shape index (κ1) is 26.7. The Balaban J connectivity index is 1.10. The number of nitrogens with zero attached hydrogens (tertiary/aromatic N) is 1. The second kappa shape index (κ2) is 9.35. The van der Waals surface area contributed by atoms with E-state index in [0.29, 0.717) is 0 Å². The van der Waals surface area contributed by atoms with Crippen molar-refractivity contribution in [1.82, 2.24) is 4.40 Å². The maximum atomic E-state index is 2.59.